The quantitative estimate of drug-likeness (QED) is 0.909. The van der Waals surface area contributed by atoms with Gasteiger partial charge in [0.25, 0.3) is 0 Å². The topological polar surface area (TPSA) is 29.9 Å². The van der Waals surface area contributed by atoms with Crippen LogP contribution < -0.4 is 5.32 Å². The van der Waals surface area contributed by atoms with E-state index in [1.165, 1.54) is 25.0 Å². The molecule has 1 aliphatic rings. The van der Waals surface area contributed by atoms with E-state index >= 15 is 0 Å². The van der Waals surface area contributed by atoms with E-state index in [1.807, 2.05) is 17.9 Å². The summed E-state index contributed by atoms with van der Waals surface area (Å²) in [6.07, 6.45) is 9.02. The van der Waals surface area contributed by atoms with Gasteiger partial charge in [-0.1, -0.05) is 31.2 Å². The van der Waals surface area contributed by atoms with E-state index in [0.29, 0.717) is 12.0 Å². The molecule has 0 aliphatic heterocycles. The number of nitrogens with zero attached hydrogens (tertiary/aromatic N) is 2. The van der Waals surface area contributed by atoms with Gasteiger partial charge in [0.05, 0.1) is 18.1 Å². The third-order valence-electron chi connectivity index (χ3n) is 4.55. The number of aromatic nitrogens is 2. The third kappa shape index (κ3) is 3.18. The highest BCUT2D eigenvalue weighted by molar-refractivity contribution is 5.33. The van der Waals surface area contributed by atoms with Crippen LogP contribution in [-0.2, 0) is 13.5 Å². The molecule has 0 spiro atoms. The maximum atomic E-state index is 4.56. The molecule has 3 nitrogen and oxygen atoms in total. The fraction of sp³-hybridized carbons (Fsp3) is 0.500. The van der Waals surface area contributed by atoms with Crippen LogP contribution in [0.1, 0.15) is 55.0 Å². The molecule has 1 N–H and O–H groups in total. The van der Waals surface area contributed by atoms with Crippen molar-refractivity contribution in [3.05, 3.63) is 53.6 Å². The zero-order valence-corrected chi connectivity index (χ0v) is 13.0. The number of rotatable bonds is 5. The van der Waals surface area contributed by atoms with Crippen molar-refractivity contribution in [2.75, 3.05) is 6.54 Å². The Bertz CT molecular complexity index is 588. The Balaban J connectivity index is 1.80. The van der Waals surface area contributed by atoms with Crippen molar-refractivity contribution >= 4 is 0 Å². The molecule has 2 unspecified atom stereocenters. The van der Waals surface area contributed by atoms with Crippen molar-refractivity contribution in [2.24, 2.45) is 7.05 Å². The molecule has 1 aliphatic carbocycles. The average Bonchev–Trinajstić information content (AvgIpc) is 2.94. The van der Waals surface area contributed by atoms with Crippen LogP contribution in [-0.4, -0.2) is 16.1 Å². The molecule has 3 heteroatoms. The lowest BCUT2D eigenvalue weighted by Gasteiger charge is -2.28. The Morgan fingerprint density at radius 2 is 2.24 bits per heavy atom. The average molecular weight is 283 g/mol. The maximum absolute atomic E-state index is 4.56. The van der Waals surface area contributed by atoms with E-state index in [-0.39, 0.29) is 0 Å². The van der Waals surface area contributed by atoms with Crippen LogP contribution in [0.4, 0.5) is 0 Å². The minimum Gasteiger partial charge on any atom is -0.340 e. The van der Waals surface area contributed by atoms with Gasteiger partial charge in [0.1, 0.15) is 0 Å². The highest BCUT2D eigenvalue weighted by atomic mass is 15.0. The van der Waals surface area contributed by atoms with Crippen molar-refractivity contribution < 1.29 is 0 Å². The maximum Gasteiger partial charge on any atom is 0.0947 e. The predicted molar refractivity (Wildman–Crippen MR) is 86.4 cm³/mol. The summed E-state index contributed by atoms with van der Waals surface area (Å²) in [7, 11) is 2.04. The molecule has 1 aromatic heterocycles. The molecular weight excluding hydrogens is 258 g/mol. The Morgan fingerprint density at radius 3 is 3.00 bits per heavy atom. The Morgan fingerprint density at radius 1 is 1.38 bits per heavy atom. The van der Waals surface area contributed by atoms with Crippen LogP contribution in [0.2, 0.25) is 0 Å². The van der Waals surface area contributed by atoms with Gasteiger partial charge in [-0.25, -0.2) is 4.98 Å². The van der Waals surface area contributed by atoms with Gasteiger partial charge in [0.2, 0.25) is 0 Å². The molecule has 2 aromatic rings. The second kappa shape index (κ2) is 6.44. The summed E-state index contributed by atoms with van der Waals surface area (Å²) in [4.78, 5) is 4.56. The lowest BCUT2D eigenvalue weighted by atomic mass is 9.79. The van der Waals surface area contributed by atoms with Crippen LogP contribution in [0.5, 0.6) is 0 Å². The molecule has 0 saturated heterocycles. The van der Waals surface area contributed by atoms with Gasteiger partial charge in [0, 0.05) is 13.2 Å². The monoisotopic (exact) mass is 283 g/mol. The van der Waals surface area contributed by atoms with Crippen molar-refractivity contribution in [1.82, 2.24) is 14.9 Å². The molecule has 0 saturated carbocycles. The minimum atomic E-state index is 0.354. The molecule has 0 radical (unpaired) electrons. The summed E-state index contributed by atoms with van der Waals surface area (Å²) < 4.78 is 2.04. The largest absolute Gasteiger partial charge is 0.340 e. The Kier molecular flexibility index (Phi) is 4.39. The first-order chi connectivity index (χ1) is 10.3. The molecule has 1 heterocycles. The fourth-order valence-electron chi connectivity index (χ4n) is 3.55. The molecule has 2 atom stereocenters. The molecular formula is C18H25N3. The predicted octanol–water partition coefficient (Wildman–Crippen LogP) is 3.58. The molecule has 0 fully saturated rings. The van der Waals surface area contributed by atoms with Gasteiger partial charge in [-0.15, -0.1) is 0 Å². The van der Waals surface area contributed by atoms with E-state index in [0.717, 1.165) is 13.0 Å². The van der Waals surface area contributed by atoms with Crippen molar-refractivity contribution in [3.63, 3.8) is 0 Å². The number of nitrogens with one attached hydrogen (secondary N) is 1. The van der Waals surface area contributed by atoms with Gasteiger partial charge in [-0.2, -0.15) is 0 Å². The van der Waals surface area contributed by atoms with E-state index < -0.39 is 0 Å². The molecule has 21 heavy (non-hydrogen) atoms. The molecule has 1 aromatic carbocycles. The van der Waals surface area contributed by atoms with Crippen LogP contribution in [0.15, 0.2) is 36.8 Å². The number of benzene rings is 1. The first-order valence-electron chi connectivity index (χ1n) is 8.07. The number of hydrogen-bond acceptors (Lipinski definition) is 2. The summed E-state index contributed by atoms with van der Waals surface area (Å²) in [6.45, 7) is 3.15. The molecule has 0 bridgehead atoms. The van der Waals surface area contributed by atoms with Gasteiger partial charge in [-0.05, 0) is 49.3 Å². The summed E-state index contributed by atoms with van der Waals surface area (Å²) in [5.41, 5.74) is 4.27. The van der Waals surface area contributed by atoms with E-state index in [2.05, 4.69) is 47.7 Å². The normalized spacial score (nSPS) is 19.2. The SMILES string of the molecule is CCNC(CC1CCCc2ccccc21)c1cn(C)cn1. The fourth-order valence-corrected chi connectivity index (χ4v) is 3.55. The third-order valence-corrected chi connectivity index (χ3v) is 4.55. The number of aryl methyl sites for hydroxylation is 2. The number of hydrogen-bond donors (Lipinski definition) is 1. The highest BCUT2D eigenvalue weighted by Gasteiger charge is 2.24. The number of fused-ring (bicyclic) bond motifs is 1. The van der Waals surface area contributed by atoms with Crippen molar-refractivity contribution in [3.8, 4) is 0 Å². The van der Waals surface area contributed by atoms with Crippen LogP contribution in [0.25, 0.3) is 0 Å². The molecule has 3 rings (SSSR count). The number of imidazole rings is 1. The lowest BCUT2D eigenvalue weighted by molar-refractivity contribution is 0.420. The van der Waals surface area contributed by atoms with Crippen molar-refractivity contribution in [1.29, 1.82) is 0 Å². The molecule has 112 valence electrons. The Labute approximate surface area is 127 Å². The van der Waals surface area contributed by atoms with E-state index in [4.69, 9.17) is 0 Å². The molecule has 0 amide bonds. The van der Waals surface area contributed by atoms with E-state index in [9.17, 15) is 0 Å². The first kappa shape index (κ1) is 14.3. The zero-order chi connectivity index (χ0) is 14.7. The van der Waals surface area contributed by atoms with Gasteiger partial charge < -0.3 is 9.88 Å². The Hall–Kier alpha value is -1.61. The van der Waals surface area contributed by atoms with Gasteiger partial charge >= 0.3 is 0 Å². The summed E-state index contributed by atoms with van der Waals surface area (Å²) in [6, 6.07) is 9.32. The smallest absolute Gasteiger partial charge is 0.0947 e. The van der Waals surface area contributed by atoms with E-state index in [1.54, 1.807) is 11.1 Å². The summed E-state index contributed by atoms with van der Waals surface area (Å²) >= 11 is 0. The van der Waals surface area contributed by atoms with Crippen LogP contribution >= 0.6 is 0 Å². The standard InChI is InChI=1S/C18H25N3/c1-3-19-17(18-12-21(2)13-20-18)11-15-9-6-8-14-7-4-5-10-16(14)15/h4-5,7,10,12-13,15,17,19H,3,6,8-9,11H2,1-2H3. The first-order valence-corrected chi connectivity index (χ1v) is 8.07. The second-order valence-electron chi connectivity index (χ2n) is 6.10. The lowest BCUT2D eigenvalue weighted by Crippen LogP contribution is -2.24. The van der Waals surface area contributed by atoms with Crippen LogP contribution in [0, 0.1) is 0 Å². The second-order valence-corrected chi connectivity index (χ2v) is 6.10. The van der Waals surface area contributed by atoms with Crippen LogP contribution in [0.3, 0.4) is 0 Å². The minimum absolute atomic E-state index is 0.354. The van der Waals surface area contributed by atoms with Gasteiger partial charge in [0.15, 0.2) is 0 Å². The zero-order valence-electron chi connectivity index (χ0n) is 13.0. The van der Waals surface area contributed by atoms with Crippen molar-refractivity contribution in [2.45, 2.75) is 44.6 Å². The summed E-state index contributed by atoms with van der Waals surface area (Å²) in [5, 5.41) is 3.61. The highest BCUT2D eigenvalue weighted by Crippen LogP contribution is 2.37. The summed E-state index contributed by atoms with van der Waals surface area (Å²) in [5.74, 6) is 0.654. The van der Waals surface area contributed by atoms with Gasteiger partial charge in [-0.3, -0.25) is 0 Å².